The zero-order chi connectivity index (χ0) is 52.0. The van der Waals surface area contributed by atoms with Gasteiger partial charge >= 0.3 is 0 Å². The largest absolute Gasteiger partial charge is 0.394 e. The topological polar surface area (TPSA) is 69.6 Å². The Hall–Kier alpha value is -2.43. The van der Waals surface area contributed by atoms with Crippen LogP contribution in [0.5, 0.6) is 0 Å². The van der Waals surface area contributed by atoms with E-state index in [1.54, 1.807) is 6.08 Å². The van der Waals surface area contributed by atoms with Gasteiger partial charge in [-0.25, -0.2) is 0 Å². The van der Waals surface area contributed by atoms with Gasteiger partial charge in [0, 0.05) is 6.42 Å². The summed E-state index contributed by atoms with van der Waals surface area (Å²) >= 11 is 0. The first-order valence-corrected chi connectivity index (χ1v) is 31.8. The van der Waals surface area contributed by atoms with Crippen molar-refractivity contribution in [1.29, 1.82) is 0 Å². The van der Waals surface area contributed by atoms with E-state index in [9.17, 15) is 15.0 Å². The maximum absolute atomic E-state index is 12.5. The van der Waals surface area contributed by atoms with Gasteiger partial charge in [-0.3, -0.25) is 4.79 Å². The van der Waals surface area contributed by atoms with Gasteiger partial charge in [-0.2, -0.15) is 0 Å². The van der Waals surface area contributed by atoms with Crippen molar-refractivity contribution in [3.8, 4) is 0 Å². The second-order valence-corrected chi connectivity index (χ2v) is 21.5. The van der Waals surface area contributed by atoms with Gasteiger partial charge in [0.1, 0.15) is 0 Å². The molecule has 0 heterocycles. The van der Waals surface area contributed by atoms with E-state index in [0.29, 0.717) is 6.42 Å². The summed E-state index contributed by atoms with van der Waals surface area (Å²) in [6.07, 6.45) is 92.0. The molecule has 0 aromatic heterocycles. The van der Waals surface area contributed by atoms with Crippen LogP contribution in [0.25, 0.3) is 0 Å². The van der Waals surface area contributed by atoms with Crippen LogP contribution in [0, 0.1) is 0 Å². The van der Waals surface area contributed by atoms with E-state index in [1.165, 1.54) is 238 Å². The van der Waals surface area contributed by atoms with Crippen LogP contribution in [0.15, 0.2) is 85.1 Å². The number of nitrogens with one attached hydrogen (secondary N) is 1. The van der Waals surface area contributed by atoms with Crippen LogP contribution in [0.2, 0.25) is 0 Å². The van der Waals surface area contributed by atoms with Gasteiger partial charge in [0.2, 0.25) is 5.91 Å². The molecule has 1 amide bonds. The Bertz CT molecular complexity index is 1270. The molecule has 0 aromatic rings. The summed E-state index contributed by atoms with van der Waals surface area (Å²) in [6, 6.07) is -0.628. The first-order chi connectivity index (χ1) is 35.7. The van der Waals surface area contributed by atoms with E-state index < -0.39 is 12.1 Å². The Morgan fingerprint density at radius 1 is 0.347 bits per heavy atom. The number of hydrogen-bond acceptors (Lipinski definition) is 3. The first-order valence-electron chi connectivity index (χ1n) is 31.8. The van der Waals surface area contributed by atoms with Crippen LogP contribution >= 0.6 is 0 Å². The molecule has 0 aromatic carbocycles. The minimum absolute atomic E-state index is 0.0633. The van der Waals surface area contributed by atoms with Crippen LogP contribution in [0.3, 0.4) is 0 Å². The molecule has 0 spiro atoms. The number of aliphatic hydroxyl groups excluding tert-OH is 2. The van der Waals surface area contributed by atoms with Gasteiger partial charge in [0.25, 0.3) is 0 Å². The lowest BCUT2D eigenvalue weighted by molar-refractivity contribution is -0.123. The number of carbonyl (C=O) groups is 1. The molecular weight excluding hydrogens is 879 g/mol. The highest BCUT2D eigenvalue weighted by molar-refractivity contribution is 5.76. The van der Waals surface area contributed by atoms with Crippen molar-refractivity contribution in [2.45, 2.75) is 334 Å². The quantitative estimate of drug-likeness (QED) is 0.0420. The highest BCUT2D eigenvalue weighted by atomic mass is 16.3. The third kappa shape index (κ3) is 58.5. The molecule has 0 bridgehead atoms. The summed E-state index contributed by atoms with van der Waals surface area (Å²) < 4.78 is 0. The molecule has 0 aliphatic heterocycles. The van der Waals surface area contributed by atoms with Crippen molar-refractivity contribution in [3.63, 3.8) is 0 Å². The van der Waals surface area contributed by atoms with Crippen molar-refractivity contribution < 1.29 is 15.0 Å². The molecule has 2 unspecified atom stereocenters. The molecule has 0 saturated heterocycles. The number of unbranched alkanes of at least 4 members (excludes halogenated alkanes) is 39. The Morgan fingerprint density at radius 3 is 0.917 bits per heavy atom. The Morgan fingerprint density at radius 2 is 0.611 bits per heavy atom. The summed E-state index contributed by atoms with van der Waals surface area (Å²) in [5.41, 5.74) is 0. The van der Waals surface area contributed by atoms with Crippen LogP contribution in [-0.2, 0) is 4.79 Å². The van der Waals surface area contributed by atoms with Gasteiger partial charge in [-0.05, 0) is 70.6 Å². The van der Waals surface area contributed by atoms with Gasteiger partial charge in [0.05, 0.1) is 18.8 Å². The van der Waals surface area contributed by atoms with Crippen molar-refractivity contribution >= 4 is 5.91 Å². The van der Waals surface area contributed by atoms with E-state index in [2.05, 4.69) is 92.1 Å². The molecule has 0 saturated carbocycles. The predicted molar refractivity (Wildman–Crippen MR) is 322 cm³/mol. The zero-order valence-electron chi connectivity index (χ0n) is 48.2. The molecule has 0 aliphatic carbocycles. The number of rotatable bonds is 58. The van der Waals surface area contributed by atoms with Crippen LogP contribution in [-0.4, -0.2) is 34.9 Å². The zero-order valence-corrected chi connectivity index (χ0v) is 48.2. The molecule has 2 atom stereocenters. The molecule has 0 rings (SSSR count). The molecule has 0 radical (unpaired) electrons. The average Bonchev–Trinajstić information content (AvgIpc) is 3.39. The molecule has 0 fully saturated rings. The third-order valence-electron chi connectivity index (χ3n) is 14.4. The van der Waals surface area contributed by atoms with Crippen LogP contribution in [0.4, 0.5) is 0 Å². The van der Waals surface area contributed by atoms with Crippen molar-refractivity contribution in [2.75, 3.05) is 6.61 Å². The summed E-state index contributed by atoms with van der Waals surface area (Å²) in [4.78, 5) is 12.5. The van der Waals surface area contributed by atoms with Crippen molar-refractivity contribution in [2.24, 2.45) is 0 Å². The maximum atomic E-state index is 12.5. The lowest BCUT2D eigenvalue weighted by Gasteiger charge is -2.20. The highest BCUT2D eigenvalue weighted by Gasteiger charge is 2.18. The molecule has 72 heavy (non-hydrogen) atoms. The van der Waals surface area contributed by atoms with Crippen molar-refractivity contribution in [1.82, 2.24) is 5.32 Å². The third-order valence-corrected chi connectivity index (χ3v) is 14.4. The van der Waals surface area contributed by atoms with E-state index >= 15 is 0 Å². The normalized spacial score (nSPS) is 13.3. The second-order valence-electron chi connectivity index (χ2n) is 21.5. The highest BCUT2D eigenvalue weighted by Crippen LogP contribution is 2.18. The van der Waals surface area contributed by atoms with Crippen LogP contribution in [0.1, 0.15) is 322 Å². The van der Waals surface area contributed by atoms with Gasteiger partial charge < -0.3 is 15.5 Å². The van der Waals surface area contributed by atoms with Crippen LogP contribution < -0.4 is 5.32 Å². The van der Waals surface area contributed by atoms with Gasteiger partial charge in [0.15, 0.2) is 0 Å². The number of allylic oxidation sites excluding steroid dienone is 13. The average molecular weight is 1000 g/mol. The molecule has 0 aliphatic rings. The lowest BCUT2D eigenvalue weighted by Crippen LogP contribution is -2.45. The smallest absolute Gasteiger partial charge is 0.220 e. The van der Waals surface area contributed by atoms with E-state index in [0.717, 1.165) is 64.2 Å². The summed E-state index contributed by atoms with van der Waals surface area (Å²) in [5, 5.41) is 23.3. The molecular formula is C68H123NO3. The second kappa shape index (κ2) is 62.9. The lowest BCUT2D eigenvalue weighted by atomic mass is 10.0. The SMILES string of the molecule is CC/C=C\C/C=C\C/C=C\C/C=C\C/C=C\C/C=C\CCCCCCCCCCCCCCCCC(=O)NC(CO)C(O)/C=C/CCCCCCCCCCCCCCCCCCCCCCCCCCC. The minimum atomic E-state index is -0.845. The first kappa shape index (κ1) is 69.6. The number of aliphatic hydroxyl groups is 2. The standard InChI is InChI=1S/C68H123NO3/c1-3-5-7-9-11-13-15-17-19-21-23-25-27-29-31-32-33-34-35-36-38-40-42-44-46-48-50-52-54-56-58-60-62-64-68(72)69-66(65-70)67(71)63-61-59-57-55-53-51-49-47-45-43-41-39-37-30-28-26-24-22-20-18-16-14-12-10-8-6-4-2/h5,7,11,13,17,19,23,25,29,31,33-34,61,63,66-67,70-71H,3-4,6,8-10,12,14-16,18,20-22,24,26-28,30,32,35-60,62,64-65H2,1-2H3,(H,69,72)/b7-5-,13-11-,19-17-,25-23-,31-29-,34-33-,63-61+. The number of amides is 1. The summed E-state index contributed by atoms with van der Waals surface area (Å²) in [7, 11) is 0. The van der Waals surface area contributed by atoms with E-state index in [4.69, 9.17) is 0 Å². The molecule has 4 heteroatoms. The fraction of sp³-hybridized carbons (Fsp3) is 0.779. The molecule has 418 valence electrons. The summed E-state index contributed by atoms with van der Waals surface area (Å²) in [6.45, 7) is 4.22. The fourth-order valence-corrected chi connectivity index (χ4v) is 9.60. The Labute approximate surface area is 450 Å². The minimum Gasteiger partial charge on any atom is -0.394 e. The predicted octanol–water partition coefficient (Wildman–Crippen LogP) is 21.5. The molecule has 3 N–H and O–H groups in total. The monoisotopic (exact) mass is 1000 g/mol. The van der Waals surface area contributed by atoms with E-state index in [-0.39, 0.29) is 12.5 Å². The Kier molecular flexibility index (Phi) is 60.7. The number of hydrogen-bond donors (Lipinski definition) is 3. The summed E-state index contributed by atoms with van der Waals surface area (Å²) in [5.74, 6) is -0.0633. The number of carbonyl (C=O) groups excluding carboxylic acids is 1. The Balaban J connectivity index is 3.50. The van der Waals surface area contributed by atoms with E-state index in [1.807, 2.05) is 6.08 Å². The van der Waals surface area contributed by atoms with Gasteiger partial charge in [-0.15, -0.1) is 0 Å². The maximum Gasteiger partial charge on any atom is 0.220 e. The van der Waals surface area contributed by atoms with Crippen molar-refractivity contribution in [3.05, 3.63) is 85.1 Å². The fourth-order valence-electron chi connectivity index (χ4n) is 9.60. The van der Waals surface area contributed by atoms with Gasteiger partial charge in [-0.1, -0.05) is 330 Å². The molecule has 4 nitrogen and oxygen atoms in total.